The summed E-state index contributed by atoms with van der Waals surface area (Å²) in [5, 5.41) is 5.39. The van der Waals surface area contributed by atoms with Crippen LogP contribution in [0.3, 0.4) is 0 Å². The number of benzene rings is 2. The molecule has 6 nitrogen and oxygen atoms in total. The van der Waals surface area contributed by atoms with Gasteiger partial charge in [0.1, 0.15) is 5.82 Å². The van der Waals surface area contributed by atoms with Crippen molar-refractivity contribution in [3.8, 4) is 0 Å². The third-order valence-electron chi connectivity index (χ3n) is 5.26. The van der Waals surface area contributed by atoms with Crippen LogP contribution in [0.2, 0.25) is 0 Å². The SMILES string of the molecule is Cc1cccc(NC(=O)C(=O)NCC(c2ccc(F)cc2)N2CCOCC2)c1C. The van der Waals surface area contributed by atoms with E-state index in [0.717, 1.165) is 16.7 Å². The lowest BCUT2D eigenvalue weighted by Crippen LogP contribution is -2.45. The summed E-state index contributed by atoms with van der Waals surface area (Å²) in [6, 6.07) is 11.6. The van der Waals surface area contributed by atoms with Crippen molar-refractivity contribution < 1.29 is 18.7 Å². The van der Waals surface area contributed by atoms with Crippen LogP contribution in [0.4, 0.5) is 10.1 Å². The lowest BCUT2D eigenvalue weighted by atomic mass is 10.0. The molecule has 2 aromatic rings. The van der Waals surface area contributed by atoms with E-state index in [-0.39, 0.29) is 18.4 Å². The third kappa shape index (κ3) is 5.40. The quantitative estimate of drug-likeness (QED) is 0.759. The molecular formula is C22H26FN3O3. The molecule has 1 unspecified atom stereocenters. The Balaban J connectivity index is 1.66. The van der Waals surface area contributed by atoms with E-state index in [1.807, 2.05) is 26.0 Å². The number of ether oxygens (including phenoxy) is 1. The Bertz CT molecular complexity index is 864. The summed E-state index contributed by atoms with van der Waals surface area (Å²) in [6.45, 7) is 6.67. The molecule has 0 radical (unpaired) electrons. The Morgan fingerprint density at radius 3 is 2.45 bits per heavy atom. The summed E-state index contributed by atoms with van der Waals surface area (Å²) in [4.78, 5) is 26.9. The number of morpholine rings is 1. The van der Waals surface area contributed by atoms with Gasteiger partial charge < -0.3 is 15.4 Å². The highest BCUT2D eigenvalue weighted by atomic mass is 19.1. The zero-order valence-electron chi connectivity index (χ0n) is 16.7. The number of carbonyl (C=O) groups excluding carboxylic acids is 2. The Morgan fingerprint density at radius 2 is 1.76 bits per heavy atom. The van der Waals surface area contributed by atoms with Crippen molar-refractivity contribution in [2.75, 3.05) is 38.2 Å². The van der Waals surface area contributed by atoms with Gasteiger partial charge in [-0.2, -0.15) is 0 Å². The lowest BCUT2D eigenvalue weighted by Gasteiger charge is -2.34. The van der Waals surface area contributed by atoms with E-state index in [9.17, 15) is 14.0 Å². The van der Waals surface area contributed by atoms with Gasteiger partial charge in [-0.1, -0.05) is 24.3 Å². The first kappa shape index (κ1) is 21.0. The summed E-state index contributed by atoms with van der Waals surface area (Å²) in [5.74, 6) is -1.73. The molecule has 2 N–H and O–H groups in total. The Labute approximate surface area is 170 Å². The molecule has 0 bridgehead atoms. The van der Waals surface area contributed by atoms with Crippen LogP contribution < -0.4 is 10.6 Å². The minimum Gasteiger partial charge on any atom is -0.379 e. The number of halogens is 1. The van der Waals surface area contributed by atoms with Crippen LogP contribution in [0.15, 0.2) is 42.5 Å². The maximum absolute atomic E-state index is 13.3. The van der Waals surface area contributed by atoms with E-state index in [4.69, 9.17) is 4.74 Å². The number of amides is 2. The molecule has 1 aliphatic rings. The lowest BCUT2D eigenvalue weighted by molar-refractivity contribution is -0.136. The highest BCUT2D eigenvalue weighted by Crippen LogP contribution is 2.22. The molecular weight excluding hydrogens is 373 g/mol. The fourth-order valence-corrected chi connectivity index (χ4v) is 3.37. The molecule has 7 heteroatoms. The number of aryl methyl sites for hydroxylation is 1. The number of anilines is 1. The molecule has 2 aromatic carbocycles. The van der Waals surface area contributed by atoms with Crippen molar-refractivity contribution in [2.45, 2.75) is 19.9 Å². The zero-order valence-corrected chi connectivity index (χ0v) is 16.7. The van der Waals surface area contributed by atoms with Crippen LogP contribution >= 0.6 is 0 Å². The highest BCUT2D eigenvalue weighted by Gasteiger charge is 2.24. The molecule has 0 aromatic heterocycles. The summed E-state index contributed by atoms with van der Waals surface area (Å²) in [5.41, 5.74) is 3.45. The van der Waals surface area contributed by atoms with E-state index in [2.05, 4.69) is 15.5 Å². The average molecular weight is 399 g/mol. The van der Waals surface area contributed by atoms with Crippen LogP contribution in [-0.4, -0.2) is 49.6 Å². The van der Waals surface area contributed by atoms with Crippen LogP contribution in [0, 0.1) is 19.7 Å². The highest BCUT2D eigenvalue weighted by molar-refractivity contribution is 6.39. The third-order valence-corrected chi connectivity index (χ3v) is 5.26. The minimum absolute atomic E-state index is 0.169. The normalized spacial score (nSPS) is 15.6. The molecule has 1 heterocycles. The van der Waals surface area contributed by atoms with Gasteiger partial charge in [-0.25, -0.2) is 4.39 Å². The van der Waals surface area contributed by atoms with Gasteiger partial charge in [-0.05, 0) is 48.7 Å². The molecule has 3 rings (SSSR count). The van der Waals surface area contributed by atoms with Gasteiger partial charge in [-0.15, -0.1) is 0 Å². The van der Waals surface area contributed by atoms with Crippen molar-refractivity contribution in [1.29, 1.82) is 0 Å². The second kappa shape index (κ2) is 9.62. The molecule has 0 aliphatic carbocycles. The van der Waals surface area contributed by atoms with Crippen LogP contribution in [0.25, 0.3) is 0 Å². The van der Waals surface area contributed by atoms with E-state index < -0.39 is 11.8 Å². The number of nitrogens with zero attached hydrogens (tertiary/aromatic N) is 1. The average Bonchev–Trinajstić information content (AvgIpc) is 2.73. The van der Waals surface area contributed by atoms with Gasteiger partial charge >= 0.3 is 11.8 Å². The van der Waals surface area contributed by atoms with Crippen molar-refractivity contribution >= 4 is 17.5 Å². The number of nitrogens with one attached hydrogen (secondary N) is 2. The zero-order chi connectivity index (χ0) is 20.8. The summed E-state index contributed by atoms with van der Waals surface area (Å²) < 4.78 is 18.7. The summed E-state index contributed by atoms with van der Waals surface area (Å²) >= 11 is 0. The number of rotatable bonds is 5. The first-order chi connectivity index (χ1) is 14.0. The van der Waals surface area contributed by atoms with Gasteiger partial charge in [0.25, 0.3) is 0 Å². The standard InChI is InChI=1S/C22H26FN3O3/c1-15-4-3-5-19(16(15)2)25-22(28)21(27)24-14-20(26-10-12-29-13-11-26)17-6-8-18(23)9-7-17/h3-9,20H,10-14H2,1-2H3,(H,24,27)(H,25,28). The monoisotopic (exact) mass is 399 g/mol. The van der Waals surface area contributed by atoms with E-state index in [1.165, 1.54) is 12.1 Å². The summed E-state index contributed by atoms with van der Waals surface area (Å²) in [7, 11) is 0. The molecule has 0 spiro atoms. The van der Waals surface area contributed by atoms with Crippen molar-refractivity contribution in [3.05, 3.63) is 65.0 Å². The van der Waals surface area contributed by atoms with Crippen LogP contribution in [0.5, 0.6) is 0 Å². The number of carbonyl (C=O) groups is 2. The predicted molar refractivity (Wildman–Crippen MR) is 109 cm³/mol. The second-order valence-corrected chi connectivity index (χ2v) is 7.13. The van der Waals surface area contributed by atoms with Crippen LogP contribution in [-0.2, 0) is 14.3 Å². The minimum atomic E-state index is -0.710. The van der Waals surface area contributed by atoms with E-state index in [0.29, 0.717) is 32.0 Å². The molecule has 1 fully saturated rings. The molecule has 154 valence electrons. The number of hydrogen-bond acceptors (Lipinski definition) is 4. The Hall–Kier alpha value is -2.77. The fourth-order valence-electron chi connectivity index (χ4n) is 3.37. The maximum atomic E-state index is 13.3. The molecule has 1 saturated heterocycles. The molecule has 0 saturated carbocycles. The van der Waals surface area contributed by atoms with Gasteiger partial charge in [0, 0.05) is 25.3 Å². The van der Waals surface area contributed by atoms with Gasteiger partial charge in [0.2, 0.25) is 0 Å². The van der Waals surface area contributed by atoms with Crippen molar-refractivity contribution in [2.24, 2.45) is 0 Å². The first-order valence-corrected chi connectivity index (χ1v) is 9.68. The molecule has 29 heavy (non-hydrogen) atoms. The number of hydrogen-bond donors (Lipinski definition) is 2. The largest absolute Gasteiger partial charge is 0.379 e. The smallest absolute Gasteiger partial charge is 0.313 e. The topological polar surface area (TPSA) is 70.7 Å². The predicted octanol–water partition coefficient (Wildman–Crippen LogP) is 2.57. The fraction of sp³-hybridized carbons (Fsp3) is 0.364. The van der Waals surface area contributed by atoms with Gasteiger partial charge in [0.15, 0.2) is 0 Å². The second-order valence-electron chi connectivity index (χ2n) is 7.13. The van der Waals surface area contributed by atoms with Gasteiger partial charge in [-0.3, -0.25) is 14.5 Å². The Morgan fingerprint density at radius 1 is 1.07 bits per heavy atom. The first-order valence-electron chi connectivity index (χ1n) is 9.68. The van der Waals surface area contributed by atoms with Crippen molar-refractivity contribution in [1.82, 2.24) is 10.2 Å². The Kier molecular flexibility index (Phi) is 6.95. The van der Waals surface area contributed by atoms with E-state index >= 15 is 0 Å². The molecule has 1 atom stereocenters. The van der Waals surface area contributed by atoms with E-state index in [1.54, 1.807) is 18.2 Å². The molecule has 1 aliphatic heterocycles. The summed E-state index contributed by atoms with van der Waals surface area (Å²) in [6.07, 6.45) is 0. The maximum Gasteiger partial charge on any atom is 0.313 e. The van der Waals surface area contributed by atoms with Gasteiger partial charge in [0.05, 0.1) is 19.3 Å². The van der Waals surface area contributed by atoms with Crippen molar-refractivity contribution in [3.63, 3.8) is 0 Å². The molecule has 2 amide bonds. The van der Waals surface area contributed by atoms with Crippen LogP contribution in [0.1, 0.15) is 22.7 Å².